The fourth-order valence-corrected chi connectivity index (χ4v) is 1.99. The summed E-state index contributed by atoms with van der Waals surface area (Å²) in [5, 5.41) is 10.3. The normalized spacial score (nSPS) is 10.7. The predicted octanol–water partition coefficient (Wildman–Crippen LogP) is 2.83. The summed E-state index contributed by atoms with van der Waals surface area (Å²) >= 11 is 0. The molecule has 0 amide bonds. The Kier molecular flexibility index (Phi) is 3.29. The smallest absolute Gasteiger partial charge is 0.342 e. The van der Waals surface area contributed by atoms with Gasteiger partial charge in [0.05, 0.1) is 12.2 Å². The van der Waals surface area contributed by atoms with Crippen LogP contribution in [0.2, 0.25) is 0 Å². The van der Waals surface area contributed by atoms with Crippen LogP contribution in [-0.4, -0.2) is 23.5 Å². The van der Waals surface area contributed by atoms with Crippen LogP contribution in [0, 0.1) is 6.92 Å². The van der Waals surface area contributed by atoms with Crippen molar-refractivity contribution in [3.63, 3.8) is 0 Å². The van der Waals surface area contributed by atoms with Crippen molar-refractivity contribution in [3.05, 3.63) is 29.0 Å². The summed E-state index contributed by atoms with van der Waals surface area (Å²) in [6.07, 6.45) is 0. The maximum atomic E-state index is 11.8. The van der Waals surface area contributed by atoms with Gasteiger partial charge in [0.15, 0.2) is 5.78 Å². The molecular formula is C14H14O5. The number of carbonyl (C=O) groups excluding carboxylic acids is 2. The van der Waals surface area contributed by atoms with Crippen molar-refractivity contribution in [2.75, 3.05) is 6.61 Å². The van der Waals surface area contributed by atoms with E-state index in [4.69, 9.17) is 9.15 Å². The summed E-state index contributed by atoms with van der Waals surface area (Å²) in [6, 6.07) is 2.79. The van der Waals surface area contributed by atoms with Crippen molar-refractivity contribution in [1.29, 1.82) is 0 Å². The molecule has 1 heterocycles. The number of fused-ring (bicyclic) bond motifs is 1. The SMILES string of the molecule is CCOC(=O)c1c(C)oc2cc(C(C)=O)c(O)cc12. The minimum Gasteiger partial charge on any atom is -0.507 e. The number of esters is 1. The second-order valence-corrected chi connectivity index (χ2v) is 4.18. The van der Waals surface area contributed by atoms with Crippen molar-refractivity contribution in [2.24, 2.45) is 0 Å². The average molecular weight is 262 g/mol. The summed E-state index contributed by atoms with van der Waals surface area (Å²) in [4.78, 5) is 23.2. The van der Waals surface area contributed by atoms with Gasteiger partial charge < -0.3 is 14.3 Å². The van der Waals surface area contributed by atoms with Crippen molar-refractivity contribution < 1.29 is 23.8 Å². The zero-order valence-corrected chi connectivity index (χ0v) is 10.9. The van der Waals surface area contributed by atoms with Gasteiger partial charge in [0.2, 0.25) is 0 Å². The Bertz CT molecular complexity index is 666. The van der Waals surface area contributed by atoms with Crippen LogP contribution in [0.25, 0.3) is 11.0 Å². The van der Waals surface area contributed by atoms with Gasteiger partial charge in [-0.3, -0.25) is 4.79 Å². The van der Waals surface area contributed by atoms with Gasteiger partial charge in [0, 0.05) is 5.39 Å². The molecule has 1 N–H and O–H groups in total. The Morgan fingerprint density at radius 1 is 1.37 bits per heavy atom. The Morgan fingerprint density at radius 2 is 2.05 bits per heavy atom. The van der Waals surface area contributed by atoms with Gasteiger partial charge in [-0.15, -0.1) is 0 Å². The lowest BCUT2D eigenvalue weighted by Gasteiger charge is -2.02. The molecule has 0 aliphatic carbocycles. The molecule has 0 saturated carbocycles. The van der Waals surface area contributed by atoms with Crippen LogP contribution in [0.3, 0.4) is 0 Å². The quantitative estimate of drug-likeness (QED) is 0.679. The second kappa shape index (κ2) is 4.76. The largest absolute Gasteiger partial charge is 0.507 e. The first-order chi connectivity index (χ1) is 8.95. The molecule has 0 saturated heterocycles. The average Bonchev–Trinajstić information content (AvgIpc) is 2.63. The minimum absolute atomic E-state index is 0.164. The van der Waals surface area contributed by atoms with Crippen LogP contribution in [0.5, 0.6) is 5.75 Å². The van der Waals surface area contributed by atoms with Gasteiger partial charge >= 0.3 is 5.97 Å². The van der Waals surface area contributed by atoms with Crippen molar-refractivity contribution in [2.45, 2.75) is 20.8 Å². The van der Waals surface area contributed by atoms with Crippen LogP contribution >= 0.6 is 0 Å². The van der Waals surface area contributed by atoms with Gasteiger partial charge in [-0.2, -0.15) is 0 Å². The zero-order valence-electron chi connectivity index (χ0n) is 10.9. The highest BCUT2D eigenvalue weighted by atomic mass is 16.5. The number of furan rings is 1. The van der Waals surface area contributed by atoms with Crippen LogP contribution in [-0.2, 0) is 4.74 Å². The number of benzene rings is 1. The number of Topliss-reactive ketones (excluding diaryl/α,β-unsaturated/α-hetero) is 1. The molecule has 5 nitrogen and oxygen atoms in total. The van der Waals surface area contributed by atoms with Gasteiger partial charge in [0.25, 0.3) is 0 Å². The van der Waals surface area contributed by atoms with Crippen LogP contribution in [0.1, 0.15) is 40.3 Å². The Morgan fingerprint density at radius 3 is 2.63 bits per heavy atom. The zero-order chi connectivity index (χ0) is 14.2. The highest BCUT2D eigenvalue weighted by Crippen LogP contribution is 2.32. The maximum Gasteiger partial charge on any atom is 0.342 e. The molecule has 1 aromatic carbocycles. The fraction of sp³-hybridized carbons (Fsp3) is 0.286. The minimum atomic E-state index is -0.506. The third-order valence-corrected chi connectivity index (χ3v) is 2.84. The number of rotatable bonds is 3. The summed E-state index contributed by atoms with van der Waals surface area (Å²) in [6.45, 7) is 4.95. The highest BCUT2D eigenvalue weighted by molar-refractivity contribution is 6.07. The van der Waals surface area contributed by atoms with Gasteiger partial charge in [-0.05, 0) is 32.9 Å². The number of phenols is 1. The number of ether oxygens (including phenoxy) is 1. The highest BCUT2D eigenvalue weighted by Gasteiger charge is 2.21. The molecule has 0 aliphatic rings. The number of aromatic hydroxyl groups is 1. The van der Waals surface area contributed by atoms with E-state index in [0.29, 0.717) is 16.7 Å². The molecule has 0 unspecified atom stereocenters. The predicted molar refractivity (Wildman–Crippen MR) is 68.6 cm³/mol. The number of phenolic OH excluding ortho intramolecular Hbond substituents is 1. The second-order valence-electron chi connectivity index (χ2n) is 4.18. The lowest BCUT2D eigenvalue weighted by atomic mass is 10.1. The number of carbonyl (C=O) groups is 2. The molecule has 19 heavy (non-hydrogen) atoms. The Hall–Kier alpha value is -2.30. The Labute approximate surface area is 109 Å². The molecule has 0 radical (unpaired) electrons. The fourth-order valence-electron chi connectivity index (χ4n) is 1.99. The first kappa shape index (κ1) is 13.1. The summed E-state index contributed by atoms with van der Waals surface area (Å²) in [5.74, 6) is -0.556. The van der Waals surface area contributed by atoms with Gasteiger partial charge in [-0.1, -0.05) is 0 Å². The van der Waals surface area contributed by atoms with E-state index in [2.05, 4.69) is 0 Å². The van der Waals surface area contributed by atoms with E-state index in [-0.39, 0.29) is 29.3 Å². The summed E-state index contributed by atoms with van der Waals surface area (Å²) in [5.41, 5.74) is 0.822. The Balaban J connectivity index is 2.68. The van der Waals surface area contributed by atoms with E-state index in [1.54, 1.807) is 13.8 Å². The molecule has 2 rings (SSSR count). The molecule has 0 atom stereocenters. The maximum absolute atomic E-state index is 11.8. The third-order valence-electron chi connectivity index (χ3n) is 2.84. The van der Waals surface area contributed by atoms with E-state index in [1.807, 2.05) is 0 Å². The molecule has 100 valence electrons. The van der Waals surface area contributed by atoms with Crippen LogP contribution < -0.4 is 0 Å². The third kappa shape index (κ3) is 2.19. The molecule has 5 heteroatoms. The summed E-state index contributed by atoms with van der Waals surface area (Å²) in [7, 11) is 0. The van der Waals surface area contributed by atoms with Crippen LogP contribution in [0.15, 0.2) is 16.5 Å². The van der Waals surface area contributed by atoms with E-state index >= 15 is 0 Å². The molecule has 0 fully saturated rings. The van der Waals surface area contributed by atoms with Crippen LogP contribution in [0.4, 0.5) is 0 Å². The molecule has 2 aromatic rings. The molecular weight excluding hydrogens is 248 g/mol. The lowest BCUT2D eigenvalue weighted by Crippen LogP contribution is -2.05. The molecule has 1 aromatic heterocycles. The molecule has 0 bridgehead atoms. The van der Waals surface area contributed by atoms with Gasteiger partial charge in [0.1, 0.15) is 22.7 Å². The van der Waals surface area contributed by atoms with Crippen molar-refractivity contribution in [1.82, 2.24) is 0 Å². The first-order valence-corrected chi connectivity index (χ1v) is 5.89. The van der Waals surface area contributed by atoms with E-state index in [1.165, 1.54) is 19.1 Å². The summed E-state index contributed by atoms with van der Waals surface area (Å²) < 4.78 is 10.4. The standard InChI is InChI=1S/C14H14O5/c1-4-18-14(17)13-8(3)19-12-6-9(7(2)15)11(16)5-10(12)13/h5-6,16H,4H2,1-3H3. The molecule has 0 spiro atoms. The van der Waals surface area contributed by atoms with E-state index in [9.17, 15) is 14.7 Å². The van der Waals surface area contributed by atoms with Gasteiger partial charge in [-0.25, -0.2) is 4.79 Å². The first-order valence-electron chi connectivity index (χ1n) is 5.89. The number of hydrogen-bond acceptors (Lipinski definition) is 5. The van der Waals surface area contributed by atoms with E-state index < -0.39 is 5.97 Å². The monoisotopic (exact) mass is 262 g/mol. The number of ketones is 1. The van der Waals surface area contributed by atoms with Crippen molar-refractivity contribution >= 4 is 22.7 Å². The van der Waals surface area contributed by atoms with E-state index in [0.717, 1.165) is 0 Å². The number of aryl methyl sites for hydroxylation is 1. The number of hydrogen-bond donors (Lipinski definition) is 1. The molecule has 0 aliphatic heterocycles. The van der Waals surface area contributed by atoms with Crippen molar-refractivity contribution in [3.8, 4) is 5.75 Å². The topological polar surface area (TPSA) is 76.7 Å². The lowest BCUT2D eigenvalue weighted by molar-refractivity contribution is 0.0526.